The highest BCUT2D eigenvalue weighted by Gasteiger charge is 2.41. The van der Waals surface area contributed by atoms with E-state index in [9.17, 15) is 24.1 Å². The topological polar surface area (TPSA) is 141 Å². The molecule has 34 heavy (non-hydrogen) atoms. The van der Waals surface area contributed by atoms with E-state index in [4.69, 9.17) is 18.5 Å². The lowest BCUT2D eigenvalue weighted by atomic mass is 10.1. The van der Waals surface area contributed by atoms with E-state index in [0.717, 1.165) is 0 Å². The van der Waals surface area contributed by atoms with Gasteiger partial charge in [0.2, 0.25) is 5.91 Å². The van der Waals surface area contributed by atoms with Crippen molar-refractivity contribution in [1.29, 1.82) is 0 Å². The molecule has 0 bridgehead atoms. The summed E-state index contributed by atoms with van der Waals surface area (Å²) in [4.78, 5) is 36.9. The van der Waals surface area contributed by atoms with Gasteiger partial charge < -0.3 is 19.1 Å². The normalized spacial score (nSPS) is 25.1. The molecule has 1 saturated heterocycles. The highest BCUT2D eigenvalue weighted by atomic mass is 31.2. The molecule has 0 aliphatic carbocycles. The molecule has 1 amide bonds. The van der Waals surface area contributed by atoms with Crippen LogP contribution in [0.4, 0.5) is 0 Å². The van der Waals surface area contributed by atoms with Gasteiger partial charge in [-0.1, -0.05) is 25.1 Å². The Labute approximate surface area is 197 Å². The van der Waals surface area contributed by atoms with Crippen LogP contribution < -0.4 is 9.61 Å². The van der Waals surface area contributed by atoms with Crippen LogP contribution in [0.15, 0.2) is 42.6 Å². The van der Waals surface area contributed by atoms with Crippen LogP contribution in [0.2, 0.25) is 0 Å². The summed E-state index contributed by atoms with van der Waals surface area (Å²) in [6.45, 7) is 3.18. The van der Waals surface area contributed by atoms with Crippen molar-refractivity contribution < 1.29 is 42.6 Å². The van der Waals surface area contributed by atoms with Gasteiger partial charge in [-0.2, -0.15) is 5.09 Å². The number of nitrogens with one attached hydrogen (secondary N) is 1. The molecule has 1 fully saturated rings. The van der Waals surface area contributed by atoms with Gasteiger partial charge in [-0.25, -0.2) is 4.57 Å². The third kappa shape index (κ3) is 6.97. The van der Waals surface area contributed by atoms with Crippen LogP contribution >= 0.6 is 7.75 Å². The third-order valence-electron chi connectivity index (χ3n) is 5.08. The van der Waals surface area contributed by atoms with E-state index in [2.05, 4.69) is 5.09 Å². The summed E-state index contributed by atoms with van der Waals surface area (Å²) in [6, 6.07) is 7.26. The molecule has 2 N–H and O–H groups in total. The largest absolute Gasteiger partial charge is 0.465 e. The first kappa shape index (κ1) is 26.1. The van der Waals surface area contributed by atoms with Crippen LogP contribution in [-0.2, 0) is 32.9 Å². The number of esters is 1. The Morgan fingerprint density at radius 2 is 2.06 bits per heavy atom. The summed E-state index contributed by atoms with van der Waals surface area (Å²) < 4.78 is 35.4. The predicted octanol–water partition coefficient (Wildman–Crippen LogP) is 1.91. The van der Waals surface area contributed by atoms with Crippen LogP contribution in [-0.4, -0.2) is 65.4 Å². The number of aliphatic hydroxyl groups is 1. The van der Waals surface area contributed by atoms with Crippen molar-refractivity contribution >= 4 is 25.4 Å². The second kappa shape index (κ2) is 11.7. The Morgan fingerprint density at radius 1 is 1.32 bits per heavy atom. The molecule has 0 saturated carbocycles. The van der Waals surface area contributed by atoms with E-state index in [1.165, 1.54) is 24.1 Å². The zero-order chi connectivity index (χ0) is 24.7. The minimum absolute atomic E-state index is 0.0787. The summed E-state index contributed by atoms with van der Waals surface area (Å²) in [5.74, 6) is -1.13. The maximum atomic E-state index is 13.5. The monoisotopic (exact) mass is 496 g/mol. The predicted molar refractivity (Wildman–Crippen MR) is 119 cm³/mol. The Hall–Kier alpha value is -2.56. The Balaban J connectivity index is 1.66. The van der Waals surface area contributed by atoms with Crippen molar-refractivity contribution in [2.45, 2.75) is 57.6 Å². The number of ketones is 1. The molecule has 0 radical (unpaired) electrons. The second-order valence-electron chi connectivity index (χ2n) is 7.91. The minimum atomic E-state index is -4.12. The van der Waals surface area contributed by atoms with Gasteiger partial charge in [-0.05, 0) is 31.6 Å². The number of hydrogen-bond donors (Lipinski definition) is 2. The van der Waals surface area contributed by atoms with Crippen LogP contribution in [0, 0.1) is 0 Å². The molecule has 11 nitrogen and oxygen atoms in total. The standard InChI is InChI=1S/C22H29N2O9P/c1-3-11-30-22(28)15(2)23-34(29,33-17-7-5-4-6-8-17)31-14-19-18(26)13-21(32-19)24-10-9-16(25)12-20(24)27/h4-10,15,18-19,21,26H,3,11-14H2,1-2H3,(H,23,29)/t15-,18-,19+,21+,34-/m0/s1. The van der Waals surface area contributed by atoms with E-state index in [-0.39, 0.29) is 37.6 Å². The zero-order valence-electron chi connectivity index (χ0n) is 19.0. The highest BCUT2D eigenvalue weighted by Crippen LogP contribution is 2.45. The maximum Gasteiger partial charge on any atom is 0.459 e. The SMILES string of the molecule is CCCOC(=O)[C@H](C)N[P@](=O)(OC[C@H]1O[C@@H](N2C=CC(=O)CC2=O)C[C@@H]1O)Oc1ccccc1. The average molecular weight is 496 g/mol. The molecule has 12 heteroatoms. The van der Waals surface area contributed by atoms with Crippen LogP contribution in [0.1, 0.15) is 33.1 Å². The number of carbonyl (C=O) groups is 3. The van der Waals surface area contributed by atoms with Crippen molar-refractivity contribution in [2.75, 3.05) is 13.2 Å². The summed E-state index contributed by atoms with van der Waals surface area (Å²) in [6.07, 6.45) is 0.273. The number of hydrogen-bond acceptors (Lipinski definition) is 9. The quantitative estimate of drug-likeness (QED) is 0.265. The lowest BCUT2D eigenvalue weighted by Gasteiger charge is -2.27. The van der Waals surface area contributed by atoms with E-state index in [0.29, 0.717) is 6.42 Å². The summed E-state index contributed by atoms with van der Waals surface area (Å²) >= 11 is 0. The minimum Gasteiger partial charge on any atom is -0.465 e. The maximum absolute atomic E-state index is 13.5. The van der Waals surface area contributed by atoms with E-state index in [1.807, 2.05) is 6.92 Å². The number of benzene rings is 1. The number of rotatable bonds is 11. The van der Waals surface area contributed by atoms with Crippen molar-refractivity contribution in [1.82, 2.24) is 9.99 Å². The molecule has 0 unspecified atom stereocenters. The van der Waals surface area contributed by atoms with Gasteiger partial charge in [-0.3, -0.25) is 23.8 Å². The molecule has 1 aromatic carbocycles. The van der Waals surface area contributed by atoms with E-state index in [1.54, 1.807) is 30.3 Å². The van der Waals surface area contributed by atoms with Gasteiger partial charge in [-0.15, -0.1) is 0 Å². The fourth-order valence-corrected chi connectivity index (χ4v) is 4.84. The lowest BCUT2D eigenvalue weighted by molar-refractivity contribution is -0.145. The van der Waals surface area contributed by atoms with Gasteiger partial charge in [0.05, 0.1) is 25.7 Å². The number of ether oxygens (including phenoxy) is 2. The number of amides is 1. The molecule has 2 heterocycles. The zero-order valence-corrected chi connectivity index (χ0v) is 19.9. The van der Waals surface area contributed by atoms with Crippen molar-refractivity contribution in [2.24, 2.45) is 0 Å². The van der Waals surface area contributed by atoms with Gasteiger partial charge in [0.15, 0.2) is 5.78 Å². The van der Waals surface area contributed by atoms with Crippen molar-refractivity contribution in [3.8, 4) is 5.75 Å². The molecule has 0 aromatic heterocycles. The molecule has 2 aliphatic rings. The fourth-order valence-electron chi connectivity index (χ4n) is 3.34. The molecule has 5 atom stereocenters. The Morgan fingerprint density at radius 3 is 2.74 bits per heavy atom. The number of nitrogens with zero attached hydrogens (tertiary/aromatic N) is 1. The number of allylic oxidation sites excluding steroid dienone is 1. The molecule has 3 rings (SSSR count). The lowest BCUT2D eigenvalue weighted by Crippen LogP contribution is -2.39. The first-order valence-electron chi connectivity index (χ1n) is 11.0. The summed E-state index contributed by atoms with van der Waals surface area (Å²) in [7, 11) is -4.12. The number of carbonyl (C=O) groups excluding carboxylic acids is 3. The Bertz CT molecular complexity index is 955. The van der Waals surface area contributed by atoms with Crippen molar-refractivity contribution in [3.05, 3.63) is 42.6 Å². The van der Waals surface area contributed by atoms with Crippen molar-refractivity contribution in [3.63, 3.8) is 0 Å². The second-order valence-corrected chi connectivity index (χ2v) is 9.60. The Kier molecular flexibility index (Phi) is 8.98. The van der Waals surface area contributed by atoms with Crippen LogP contribution in [0.25, 0.3) is 0 Å². The first-order chi connectivity index (χ1) is 16.2. The van der Waals surface area contributed by atoms with Gasteiger partial charge in [0.1, 0.15) is 24.1 Å². The number of aliphatic hydroxyl groups excluding tert-OH is 1. The summed E-state index contributed by atoms with van der Waals surface area (Å²) in [5, 5.41) is 13.0. The van der Waals surface area contributed by atoms with Crippen LogP contribution in [0.3, 0.4) is 0 Å². The molecule has 0 spiro atoms. The van der Waals surface area contributed by atoms with E-state index >= 15 is 0 Å². The van der Waals surface area contributed by atoms with Gasteiger partial charge in [0.25, 0.3) is 0 Å². The molecule has 1 aromatic rings. The fraction of sp³-hybridized carbons (Fsp3) is 0.500. The average Bonchev–Trinajstić information content (AvgIpc) is 3.16. The van der Waals surface area contributed by atoms with Gasteiger partial charge in [0, 0.05) is 12.6 Å². The third-order valence-corrected chi connectivity index (χ3v) is 6.72. The molecule has 2 aliphatic heterocycles. The molecule has 186 valence electrons. The first-order valence-corrected chi connectivity index (χ1v) is 12.5. The van der Waals surface area contributed by atoms with Gasteiger partial charge >= 0.3 is 13.7 Å². The molecular formula is C22H29N2O9P. The summed E-state index contributed by atoms with van der Waals surface area (Å²) in [5.41, 5.74) is 0. The molecular weight excluding hydrogens is 467 g/mol. The highest BCUT2D eigenvalue weighted by molar-refractivity contribution is 7.52. The number of para-hydroxylation sites is 1. The smallest absolute Gasteiger partial charge is 0.459 e. The van der Waals surface area contributed by atoms with E-state index < -0.39 is 44.1 Å². The van der Waals surface area contributed by atoms with Crippen LogP contribution in [0.5, 0.6) is 5.75 Å².